The van der Waals surface area contributed by atoms with Crippen molar-refractivity contribution in [1.29, 1.82) is 0 Å². The molecule has 80 valence electrons. The van der Waals surface area contributed by atoms with Gasteiger partial charge in [-0.25, -0.2) is 8.42 Å². The van der Waals surface area contributed by atoms with E-state index in [9.17, 15) is 13.0 Å². The van der Waals surface area contributed by atoms with E-state index in [2.05, 4.69) is 10.6 Å². The Morgan fingerprint density at radius 3 is 2.29 bits per heavy atom. The first kappa shape index (κ1) is 11.0. The summed E-state index contributed by atoms with van der Waals surface area (Å²) in [5.74, 6) is 5.78. The number of nitrogens with zero attached hydrogens (tertiary/aromatic N) is 1. The normalized spacial score (nSPS) is 11.4. The molecule has 1 rings (SSSR count). The lowest BCUT2D eigenvalue weighted by Gasteiger charge is -2.01. The van der Waals surface area contributed by atoms with Crippen LogP contribution in [0.15, 0.2) is 4.34 Å². The quantitative estimate of drug-likeness (QED) is 0.344. The summed E-state index contributed by atoms with van der Waals surface area (Å²) in [5.41, 5.74) is 0. The minimum Gasteiger partial charge on any atom is -0.741 e. The second-order valence-electron chi connectivity index (χ2n) is 2.37. The molecule has 0 unspecified atom stereocenters. The van der Waals surface area contributed by atoms with Crippen molar-refractivity contribution in [2.45, 2.75) is 4.34 Å². The van der Waals surface area contributed by atoms with E-state index in [-0.39, 0.29) is 0 Å². The van der Waals surface area contributed by atoms with Crippen molar-refractivity contribution in [2.24, 2.45) is 0 Å². The highest BCUT2D eigenvalue weighted by Gasteiger charge is 2.24. The van der Waals surface area contributed by atoms with Gasteiger partial charge in [-0.05, 0) is 0 Å². The molecule has 0 aliphatic heterocycles. The molecule has 0 saturated heterocycles. The lowest BCUT2D eigenvalue weighted by molar-refractivity contribution is -0.657. The number of anilines is 2. The lowest BCUT2D eigenvalue weighted by atomic mass is 10.7. The Hall–Kier alpha value is -1.06. The molecule has 0 spiro atoms. The molecule has 0 aliphatic carbocycles. The molecule has 9 heteroatoms. The van der Waals surface area contributed by atoms with Crippen molar-refractivity contribution in [3.05, 3.63) is 0 Å². The van der Waals surface area contributed by atoms with E-state index < -0.39 is 14.5 Å². The van der Waals surface area contributed by atoms with Gasteiger partial charge in [0.15, 0.2) is 15.1 Å². The lowest BCUT2D eigenvalue weighted by Crippen LogP contribution is -2.48. The average Bonchev–Trinajstić information content (AvgIpc) is 2.40. The van der Waals surface area contributed by atoms with Crippen molar-refractivity contribution in [2.75, 3.05) is 30.6 Å². The van der Waals surface area contributed by atoms with Crippen LogP contribution in [-0.2, 0) is 10.1 Å². The minimum atomic E-state index is -4.53. The van der Waals surface area contributed by atoms with Gasteiger partial charge in [0.2, 0.25) is 0 Å². The zero-order chi connectivity index (χ0) is 10.9. The van der Waals surface area contributed by atoms with Gasteiger partial charge in [0.1, 0.15) is 0 Å². The van der Waals surface area contributed by atoms with Gasteiger partial charge >= 0.3 is 5.82 Å². The molecule has 0 amide bonds. The summed E-state index contributed by atoms with van der Waals surface area (Å²) in [4.78, 5) is 0. The fourth-order valence-electron chi connectivity index (χ4n) is 0.960. The molecule has 0 fully saturated rings. The van der Waals surface area contributed by atoms with Crippen LogP contribution in [0, 0.1) is 0 Å². The molecular weight excluding hydrogens is 228 g/mol. The predicted molar refractivity (Wildman–Crippen MR) is 51.7 cm³/mol. The average molecular weight is 238 g/mol. The summed E-state index contributed by atoms with van der Waals surface area (Å²) in [7, 11) is -1.35. The highest BCUT2D eigenvalue weighted by molar-refractivity contribution is 7.87. The van der Waals surface area contributed by atoms with Gasteiger partial charge in [0.05, 0.1) is 7.05 Å². The summed E-state index contributed by atoms with van der Waals surface area (Å²) >= 11 is 0.782. The first-order valence-corrected chi connectivity index (χ1v) is 5.79. The van der Waals surface area contributed by atoms with Crippen LogP contribution in [-0.4, -0.2) is 27.1 Å². The highest BCUT2D eigenvalue weighted by Crippen LogP contribution is 2.27. The molecule has 0 radical (unpaired) electrons. The second kappa shape index (κ2) is 3.59. The fourth-order valence-corrected chi connectivity index (χ4v) is 2.71. The van der Waals surface area contributed by atoms with E-state index >= 15 is 0 Å². The van der Waals surface area contributed by atoms with Crippen LogP contribution in [0.1, 0.15) is 0 Å². The summed E-state index contributed by atoms with van der Waals surface area (Å²) in [6, 6.07) is 0. The van der Waals surface area contributed by atoms with Crippen molar-refractivity contribution in [1.82, 2.24) is 0 Å². The number of hydrogen-bond acceptors (Lipinski definition) is 7. The van der Waals surface area contributed by atoms with Crippen molar-refractivity contribution in [3.63, 3.8) is 0 Å². The van der Waals surface area contributed by atoms with Gasteiger partial charge in [-0.1, -0.05) is 11.3 Å². The first-order valence-electron chi connectivity index (χ1n) is 3.57. The third-order valence-electron chi connectivity index (χ3n) is 1.52. The predicted octanol–water partition coefficient (Wildman–Crippen LogP) is -1.26. The molecule has 0 saturated carbocycles. The van der Waals surface area contributed by atoms with Crippen LogP contribution in [0.4, 0.5) is 10.8 Å². The molecule has 4 N–H and O–H groups in total. The minimum absolute atomic E-state index is 0.354. The molecule has 0 bridgehead atoms. The highest BCUT2D eigenvalue weighted by atomic mass is 32.3. The number of nitrogens with one attached hydrogen (secondary N) is 2. The van der Waals surface area contributed by atoms with Gasteiger partial charge in [-0.3, -0.25) is 11.2 Å². The molecular formula is C5H10N4O3S2. The van der Waals surface area contributed by atoms with Crippen LogP contribution in [0.25, 0.3) is 0 Å². The standard InChI is InChI=1S/C5H10N4O3S2/c1-7-3-4(8-2)13-5(9(3)6)14(10,11)12/h7-8H,6H2,1-2H3. The van der Waals surface area contributed by atoms with Crippen molar-refractivity contribution >= 4 is 32.3 Å². The SMILES string of the molecule is CNc1sc(S(=O)(=O)[O-])[n+](N)c1NC. The summed E-state index contributed by atoms with van der Waals surface area (Å²) < 4.78 is 32.6. The fraction of sp³-hybridized carbons (Fsp3) is 0.400. The summed E-state index contributed by atoms with van der Waals surface area (Å²) in [6.07, 6.45) is 0. The summed E-state index contributed by atoms with van der Waals surface area (Å²) in [5, 5.41) is 5.91. The maximum Gasteiger partial charge on any atom is 0.333 e. The number of aromatic nitrogens is 1. The molecule has 0 aromatic carbocycles. The van der Waals surface area contributed by atoms with E-state index in [1.807, 2.05) is 0 Å². The number of nitrogen functional groups attached to an aromatic ring is 1. The zero-order valence-corrected chi connectivity index (χ0v) is 9.20. The number of thiazole rings is 1. The molecule has 0 atom stereocenters. The smallest absolute Gasteiger partial charge is 0.333 e. The van der Waals surface area contributed by atoms with E-state index in [1.54, 1.807) is 14.1 Å². The largest absolute Gasteiger partial charge is 0.741 e. The third-order valence-corrected chi connectivity index (χ3v) is 3.98. The van der Waals surface area contributed by atoms with E-state index in [0.717, 1.165) is 16.0 Å². The Morgan fingerprint density at radius 2 is 2.00 bits per heavy atom. The molecule has 1 heterocycles. The van der Waals surface area contributed by atoms with E-state index in [0.29, 0.717) is 10.8 Å². The Balaban J connectivity index is 3.43. The van der Waals surface area contributed by atoms with E-state index in [1.165, 1.54) is 0 Å². The number of rotatable bonds is 3. The van der Waals surface area contributed by atoms with E-state index in [4.69, 9.17) is 5.84 Å². The van der Waals surface area contributed by atoms with Gasteiger partial charge in [-0.15, -0.1) is 4.68 Å². The van der Waals surface area contributed by atoms with Gasteiger partial charge in [0, 0.05) is 7.05 Å². The molecule has 1 aromatic rings. The second-order valence-corrected chi connectivity index (χ2v) is 4.92. The molecule has 1 aromatic heterocycles. The third kappa shape index (κ3) is 1.74. The topological polar surface area (TPSA) is 111 Å². The Kier molecular flexibility index (Phi) is 2.83. The van der Waals surface area contributed by atoms with Crippen LogP contribution in [0.2, 0.25) is 0 Å². The Labute approximate surface area is 85.3 Å². The van der Waals surface area contributed by atoms with Crippen LogP contribution in [0.5, 0.6) is 0 Å². The van der Waals surface area contributed by atoms with Crippen molar-refractivity contribution < 1.29 is 17.6 Å². The van der Waals surface area contributed by atoms with Gasteiger partial charge in [-0.2, -0.15) is 0 Å². The van der Waals surface area contributed by atoms with Gasteiger partial charge < -0.3 is 9.87 Å². The number of hydrogen-bond donors (Lipinski definition) is 3. The maximum atomic E-state index is 10.7. The molecule has 14 heavy (non-hydrogen) atoms. The molecule has 7 nitrogen and oxygen atoms in total. The van der Waals surface area contributed by atoms with Crippen LogP contribution in [0.3, 0.4) is 0 Å². The van der Waals surface area contributed by atoms with Crippen molar-refractivity contribution in [3.8, 4) is 0 Å². The van der Waals surface area contributed by atoms with Gasteiger partial charge in [0.25, 0.3) is 4.34 Å². The van der Waals surface area contributed by atoms with Crippen LogP contribution >= 0.6 is 11.3 Å². The Morgan fingerprint density at radius 1 is 1.43 bits per heavy atom. The Bertz CT molecular complexity index is 438. The zero-order valence-electron chi connectivity index (χ0n) is 7.57. The molecule has 0 aliphatic rings. The number of nitrogens with two attached hydrogens (primary N) is 1. The monoisotopic (exact) mass is 238 g/mol. The maximum absolute atomic E-state index is 10.7. The summed E-state index contributed by atoms with van der Waals surface area (Å²) in [6.45, 7) is 0. The first-order chi connectivity index (χ1) is 6.41. The van der Waals surface area contributed by atoms with Crippen LogP contribution < -0.4 is 21.2 Å².